The average Bonchev–Trinajstić information content (AvgIpc) is 2.86. The second-order valence-electron chi connectivity index (χ2n) is 4.16. The van der Waals surface area contributed by atoms with Gasteiger partial charge < -0.3 is 15.3 Å². The molecule has 0 aliphatic carbocycles. The van der Waals surface area contributed by atoms with E-state index in [0.29, 0.717) is 12.2 Å². The van der Waals surface area contributed by atoms with E-state index >= 15 is 0 Å². The van der Waals surface area contributed by atoms with Crippen LogP contribution in [0.1, 0.15) is 23.2 Å². The summed E-state index contributed by atoms with van der Waals surface area (Å²) in [6.45, 7) is 0.671. The van der Waals surface area contributed by atoms with Gasteiger partial charge in [0, 0.05) is 19.8 Å². The minimum atomic E-state index is -1.00. The van der Waals surface area contributed by atoms with E-state index < -0.39 is 5.97 Å². The SMILES string of the molecule is CNC(=O)C1CCCN1c1cnccc1C(=O)O. The highest BCUT2D eigenvalue weighted by molar-refractivity contribution is 5.96. The first-order chi connectivity index (χ1) is 8.65. The minimum absolute atomic E-state index is 0.0901. The molecular formula is C12H15N3O3. The molecule has 1 atom stereocenters. The van der Waals surface area contributed by atoms with E-state index in [2.05, 4.69) is 10.3 Å². The van der Waals surface area contributed by atoms with Crippen LogP contribution in [-0.4, -0.2) is 41.6 Å². The number of rotatable bonds is 3. The molecular weight excluding hydrogens is 234 g/mol. The molecule has 1 saturated heterocycles. The predicted molar refractivity (Wildman–Crippen MR) is 65.6 cm³/mol. The van der Waals surface area contributed by atoms with Crippen LogP contribution in [0.25, 0.3) is 0 Å². The molecule has 2 heterocycles. The minimum Gasteiger partial charge on any atom is -0.478 e. The summed E-state index contributed by atoms with van der Waals surface area (Å²) >= 11 is 0. The Hall–Kier alpha value is -2.11. The molecule has 1 amide bonds. The van der Waals surface area contributed by atoms with Crippen molar-refractivity contribution in [1.82, 2.24) is 10.3 Å². The molecule has 1 unspecified atom stereocenters. The number of aromatic nitrogens is 1. The Morgan fingerprint density at radius 1 is 1.56 bits per heavy atom. The summed E-state index contributed by atoms with van der Waals surface area (Å²) < 4.78 is 0. The number of carboxylic acids is 1. The fourth-order valence-electron chi connectivity index (χ4n) is 2.29. The normalized spacial score (nSPS) is 18.7. The Balaban J connectivity index is 2.36. The van der Waals surface area contributed by atoms with Crippen molar-refractivity contribution in [3.63, 3.8) is 0 Å². The maximum Gasteiger partial charge on any atom is 0.337 e. The number of carboxylic acid groups (broad SMARTS) is 1. The molecule has 2 N–H and O–H groups in total. The number of carbonyl (C=O) groups is 2. The van der Waals surface area contributed by atoms with Crippen molar-refractivity contribution in [1.29, 1.82) is 0 Å². The summed E-state index contributed by atoms with van der Waals surface area (Å²) in [4.78, 5) is 28.7. The number of nitrogens with one attached hydrogen (secondary N) is 1. The van der Waals surface area contributed by atoms with E-state index in [9.17, 15) is 9.59 Å². The fourth-order valence-corrected chi connectivity index (χ4v) is 2.29. The summed E-state index contributed by atoms with van der Waals surface area (Å²) in [5.74, 6) is -1.09. The predicted octanol–water partition coefficient (Wildman–Crippen LogP) is 0.495. The van der Waals surface area contributed by atoms with Crippen LogP contribution < -0.4 is 10.2 Å². The van der Waals surface area contributed by atoms with Crippen molar-refractivity contribution in [3.8, 4) is 0 Å². The third kappa shape index (κ3) is 2.13. The van der Waals surface area contributed by atoms with Gasteiger partial charge in [0.15, 0.2) is 0 Å². The summed E-state index contributed by atoms with van der Waals surface area (Å²) in [6.07, 6.45) is 4.54. The van der Waals surface area contributed by atoms with Gasteiger partial charge in [-0.3, -0.25) is 9.78 Å². The van der Waals surface area contributed by atoms with Gasteiger partial charge in [0.1, 0.15) is 6.04 Å². The molecule has 1 aliphatic heterocycles. The second kappa shape index (κ2) is 5.03. The average molecular weight is 249 g/mol. The van der Waals surface area contributed by atoms with E-state index in [1.165, 1.54) is 18.5 Å². The van der Waals surface area contributed by atoms with Crippen LogP contribution in [0, 0.1) is 0 Å². The van der Waals surface area contributed by atoms with Crippen molar-refractivity contribution >= 4 is 17.6 Å². The zero-order chi connectivity index (χ0) is 13.1. The van der Waals surface area contributed by atoms with Crippen LogP contribution in [0.3, 0.4) is 0 Å². The maximum absolute atomic E-state index is 11.8. The number of anilines is 1. The molecule has 96 valence electrons. The molecule has 18 heavy (non-hydrogen) atoms. The van der Waals surface area contributed by atoms with Crippen LogP contribution in [0.15, 0.2) is 18.5 Å². The molecule has 2 rings (SSSR count). The molecule has 0 radical (unpaired) electrons. The Morgan fingerprint density at radius 2 is 2.33 bits per heavy atom. The van der Waals surface area contributed by atoms with E-state index in [4.69, 9.17) is 5.11 Å². The van der Waals surface area contributed by atoms with Crippen LogP contribution in [0.2, 0.25) is 0 Å². The van der Waals surface area contributed by atoms with Crippen molar-refractivity contribution < 1.29 is 14.7 Å². The lowest BCUT2D eigenvalue weighted by molar-refractivity contribution is -0.121. The lowest BCUT2D eigenvalue weighted by atomic mass is 10.1. The van der Waals surface area contributed by atoms with Crippen LogP contribution in [-0.2, 0) is 4.79 Å². The van der Waals surface area contributed by atoms with Crippen molar-refractivity contribution in [2.45, 2.75) is 18.9 Å². The molecule has 0 saturated carbocycles. The molecule has 1 aromatic heterocycles. The smallest absolute Gasteiger partial charge is 0.337 e. The van der Waals surface area contributed by atoms with Gasteiger partial charge in [0.2, 0.25) is 5.91 Å². The van der Waals surface area contributed by atoms with E-state index in [1.807, 2.05) is 4.90 Å². The lowest BCUT2D eigenvalue weighted by Gasteiger charge is -2.26. The monoisotopic (exact) mass is 249 g/mol. The summed E-state index contributed by atoms with van der Waals surface area (Å²) in [6, 6.07) is 1.15. The van der Waals surface area contributed by atoms with Gasteiger partial charge in [-0.2, -0.15) is 0 Å². The van der Waals surface area contributed by atoms with Gasteiger partial charge in [-0.05, 0) is 18.9 Å². The largest absolute Gasteiger partial charge is 0.478 e. The van der Waals surface area contributed by atoms with E-state index in [-0.39, 0.29) is 17.5 Å². The Kier molecular flexibility index (Phi) is 3.45. The standard InChI is InChI=1S/C12H15N3O3/c1-13-11(16)9-3-2-6-15(9)10-7-14-5-4-8(10)12(17)18/h4-5,7,9H,2-3,6H2,1H3,(H,13,16)(H,17,18). The van der Waals surface area contributed by atoms with E-state index in [1.54, 1.807) is 7.05 Å². The highest BCUT2D eigenvalue weighted by atomic mass is 16.4. The van der Waals surface area contributed by atoms with Crippen LogP contribution in [0.4, 0.5) is 5.69 Å². The summed E-state index contributed by atoms with van der Waals surface area (Å²) in [5.41, 5.74) is 0.692. The number of hydrogen-bond acceptors (Lipinski definition) is 4. The van der Waals surface area contributed by atoms with Gasteiger partial charge >= 0.3 is 5.97 Å². The van der Waals surface area contributed by atoms with Gasteiger partial charge in [0.25, 0.3) is 0 Å². The quantitative estimate of drug-likeness (QED) is 0.815. The number of nitrogens with zero attached hydrogens (tertiary/aromatic N) is 2. The first kappa shape index (κ1) is 12.3. The zero-order valence-corrected chi connectivity index (χ0v) is 10.1. The molecule has 1 aromatic rings. The molecule has 0 spiro atoms. The molecule has 6 nitrogen and oxygen atoms in total. The molecule has 0 bridgehead atoms. The first-order valence-corrected chi connectivity index (χ1v) is 5.80. The molecule has 1 fully saturated rings. The number of hydrogen-bond donors (Lipinski definition) is 2. The number of carbonyl (C=O) groups excluding carboxylic acids is 1. The van der Waals surface area contributed by atoms with Gasteiger partial charge in [-0.25, -0.2) is 4.79 Å². The molecule has 0 aromatic carbocycles. The topological polar surface area (TPSA) is 82.5 Å². The van der Waals surface area contributed by atoms with Crippen LogP contribution >= 0.6 is 0 Å². The highest BCUT2D eigenvalue weighted by Crippen LogP contribution is 2.28. The molecule has 1 aliphatic rings. The van der Waals surface area contributed by atoms with Crippen molar-refractivity contribution in [3.05, 3.63) is 24.0 Å². The Labute approximate surface area is 105 Å². The summed E-state index contributed by atoms with van der Waals surface area (Å²) in [7, 11) is 1.58. The Bertz CT molecular complexity index is 475. The Morgan fingerprint density at radius 3 is 3.00 bits per heavy atom. The number of likely N-dealkylation sites (N-methyl/N-ethyl adjacent to an activating group) is 1. The van der Waals surface area contributed by atoms with Gasteiger partial charge in [0.05, 0.1) is 17.4 Å². The van der Waals surface area contributed by atoms with Crippen molar-refractivity contribution in [2.24, 2.45) is 0 Å². The highest BCUT2D eigenvalue weighted by Gasteiger charge is 2.32. The maximum atomic E-state index is 11.8. The third-order valence-electron chi connectivity index (χ3n) is 3.14. The van der Waals surface area contributed by atoms with E-state index in [0.717, 1.165) is 12.8 Å². The summed E-state index contributed by atoms with van der Waals surface area (Å²) in [5, 5.41) is 11.8. The molecule has 6 heteroatoms. The van der Waals surface area contributed by atoms with Gasteiger partial charge in [-0.1, -0.05) is 0 Å². The number of aromatic carboxylic acids is 1. The first-order valence-electron chi connectivity index (χ1n) is 5.80. The van der Waals surface area contributed by atoms with Crippen LogP contribution in [0.5, 0.6) is 0 Å². The van der Waals surface area contributed by atoms with Crippen molar-refractivity contribution in [2.75, 3.05) is 18.5 Å². The fraction of sp³-hybridized carbons (Fsp3) is 0.417. The second-order valence-corrected chi connectivity index (χ2v) is 4.16. The number of pyridine rings is 1. The van der Waals surface area contributed by atoms with Gasteiger partial charge in [-0.15, -0.1) is 0 Å². The lowest BCUT2D eigenvalue weighted by Crippen LogP contribution is -2.42. The number of amides is 1. The third-order valence-corrected chi connectivity index (χ3v) is 3.14. The zero-order valence-electron chi connectivity index (χ0n) is 10.1.